The Labute approximate surface area is 231 Å². The summed E-state index contributed by atoms with van der Waals surface area (Å²) in [4.78, 5) is 0. The van der Waals surface area contributed by atoms with Crippen LogP contribution in [-0.4, -0.2) is 30.0 Å². The number of hydrogen-bond donors (Lipinski definition) is 2. The summed E-state index contributed by atoms with van der Waals surface area (Å²) in [6.45, 7) is 5.82. The Kier molecular flexibility index (Phi) is 9.07. The fourth-order valence-electron chi connectivity index (χ4n) is 5.25. The molecule has 0 aromatic heterocycles. The predicted octanol–water partition coefficient (Wildman–Crippen LogP) is 6.41. The first-order chi connectivity index (χ1) is 19.1. The van der Waals surface area contributed by atoms with Crippen LogP contribution in [0.3, 0.4) is 0 Å². The van der Waals surface area contributed by atoms with E-state index in [2.05, 4.69) is 47.8 Å². The quantitative estimate of drug-likeness (QED) is 0.238. The van der Waals surface area contributed by atoms with Crippen LogP contribution in [0.15, 0.2) is 103 Å². The summed E-state index contributed by atoms with van der Waals surface area (Å²) in [5, 5.41) is 14.9. The number of hydrogen-bond acceptors (Lipinski definition) is 5. The van der Waals surface area contributed by atoms with E-state index in [9.17, 15) is 5.11 Å². The maximum atomic E-state index is 11.2. The lowest BCUT2D eigenvalue weighted by molar-refractivity contribution is -0.0863. The number of rotatable bonds is 11. The number of aromatic hydroxyl groups is 1. The van der Waals surface area contributed by atoms with Crippen molar-refractivity contribution < 1.29 is 19.3 Å². The summed E-state index contributed by atoms with van der Waals surface area (Å²) >= 11 is 0. The van der Waals surface area contributed by atoms with Gasteiger partial charge in [0.15, 0.2) is 0 Å². The highest BCUT2D eigenvalue weighted by Gasteiger charge is 2.47. The van der Waals surface area contributed by atoms with Gasteiger partial charge in [-0.1, -0.05) is 103 Å². The topological polar surface area (TPSA) is 60.0 Å². The molecular formula is C34H37NO4. The van der Waals surface area contributed by atoms with Crippen molar-refractivity contribution >= 4 is 0 Å². The molecule has 4 aromatic carbocycles. The second-order valence-corrected chi connectivity index (χ2v) is 10.2. The van der Waals surface area contributed by atoms with E-state index < -0.39 is 0 Å². The average molecular weight is 524 g/mol. The molecule has 5 nitrogen and oxygen atoms in total. The molecule has 5 rings (SSSR count). The molecule has 1 saturated heterocycles. The van der Waals surface area contributed by atoms with Gasteiger partial charge in [-0.05, 0) is 41.7 Å². The fraction of sp³-hybridized carbons (Fsp3) is 0.294. The van der Waals surface area contributed by atoms with Crippen molar-refractivity contribution in [3.05, 3.63) is 137 Å². The van der Waals surface area contributed by atoms with Crippen molar-refractivity contribution in [3.8, 4) is 5.75 Å². The Morgan fingerprint density at radius 3 is 1.67 bits per heavy atom. The third-order valence-electron chi connectivity index (χ3n) is 7.37. The molecule has 39 heavy (non-hydrogen) atoms. The zero-order valence-electron chi connectivity index (χ0n) is 22.6. The smallest absolute Gasteiger partial charge is 0.123 e. The Balaban J connectivity index is 1.43. The summed E-state index contributed by atoms with van der Waals surface area (Å²) in [5.41, 5.74) is 6.01. The molecule has 1 heterocycles. The Morgan fingerprint density at radius 2 is 1.10 bits per heavy atom. The minimum absolute atomic E-state index is 0.137. The minimum atomic E-state index is -0.342. The number of benzene rings is 4. The van der Waals surface area contributed by atoms with Crippen molar-refractivity contribution in [2.75, 3.05) is 6.61 Å². The number of nitrogens with one attached hydrogen (secondary N) is 1. The van der Waals surface area contributed by atoms with Crippen molar-refractivity contribution in [2.24, 2.45) is 0 Å². The number of aryl methyl sites for hydroxylation is 2. The Hall–Kier alpha value is -3.48. The molecular weight excluding hydrogens is 486 g/mol. The van der Waals surface area contributed by atoms with Gasteiger partial charge in [-0.25, -0.2) is 0 Å². The maximum absolute atomic E-state index is 11.2. The SMILES string of the molecule is Cc1ccc(C)c([C@@H]2N[C@@H](COCc3ccccc3)[C@H](OCc3ccccc3)[C@H]2OCc2ccccc2)c1O. The molecule has 5 heteroatoms. The van der Waals surface area contributed by atoms with Crippen LogP contribution in [-0.2, 0) is 34.0 Å². The zero-order valence-corrected chi connectivity index (χ0v) is 22.6. The Bertz CT molecular complexity index is 1310. The van der Waals surface area contributed by atoms with Gasteiger partial charge in [0.05, 0.1) is 38.5 Å². The van der Waals surface area contributed by atoms with Gasteiger partial charge in [-0.15, -0.1) is 0 Å². The van der Waals surface area contributed by atoms with Gasteiger partial charge in [-0.3, -0.25) is 0 Å². The first kappa shape index (κ1) is 27.1. The largest absolute Gasteiger partial charge is 0.507 e. The molecule has 0 amide bonds. The van der Waals surface area contributed by atoms with E-state index >= 15 is 0 Å². The van der Waals surface area contributed by atoms with Gasteiger partial charge < -0.3 is 24.6 Å². The van der Waals surface area contributed by atoms with Crippen LogP contribution in [0.4, 0.5) is 0 Å². The van der Waals surface area contributed by atoms with Gasteiger partial charge in [0.1, 0.15) is 18.0 Å². The van der Waals surface area contributed by atoms with Crippen LogP contribution in [0.2, 0.25) is 0 Å². The molecule has 1 aliphatic heterocycles. The molecule has 0 bridgehead atoms. The van der Waals surface area contributed by atoms with Gasteiger partial charge in [0, 0.05) is 5.56 Å². The van der Waals surface area contributed by atoms with Crippen LogP contribution < -0.4 is 5.32 Å². The average Bonchev–Trinajstić information content (AvgIpc) is 3.31. The van der Waals surface area contributed by atoms with Crippen LogP contribution in [0.25, 0.3) is 0 Å². The van der Waals surface area contributed by atoms with E-state index in [0.717, 1.165) is 33.4 Å². The predicted molar refractivity (Wildman–Crippen MR) is 153 cm³/mol. The van der Waals surface area contributed by atoms with Crippen molar-refractivity contribution in [3.63, 3.8) is 0 Å². The highest BCUT2D eigenvalue weighted by Crippen LogP contribution is 2.40. The molecule has 202 valence electrons. The Morgan fingerprint density at radius 1 is 0.615 bits per heavy atom. The molecule has 1 aliphatic rings. The van der Waals surface area contributed by atoms with E-state index in [1.807, 2.05) is 74.5 Å². The van der Waals surface area contributed by atoms with Crippen LogP contribution in [0.5, 0.6) is 5.75 Å². The molecule has 0 radical (unpaired) electrons. The molecule has 0 unspecified atom stereocenters. The summed E-state index contributed by atoms with van der Waals surface area (Å²) < 4.78 is 19.5. The normalized spacial score (nSPS) is 20.8. The van der Waals surface area contributed by atoms with Crippen molar-refractivity contribution in [2.45, 2.75) is 58.0 Å². The second-order valence-electron chi connectivity index (χ2n) is 10.2. The lowest BCUT2D eigenvalue weighted by Gasteiger charge is -2.27. The third-order valence-corrected chi connectivity index (χ3v) is 7.37. The third kappa shape index (κ3) is 6.75. The standard InChI is InChI=1S/C34H37NO4/c1-24-18-19-25(2)32(36)30(24)31-34(39-22-28-16-10-5-11-17-28)33(38-21-27-14-8-4-9-15-27)29(35-31)23-37-20-26-12-6-3-7-13-26/h3-19,29,31,33-36H,20-23H2,1-2H3/t29-,31-,33-,34-/m0/s1. The first-order valence-corrected chi connectivity index (χ1v) is 13.6. The number of phenols is 1. The summed E-state index contributed by atoms with van der Waals surface area (Å²) in [6, 6.07) is 34.1. The zero-order chi connectivity index (χ0) is 27.0. The van der Waals surface area contributed by atoms with Crippen molar-refractivity contribution in [1.29, 1.82) is 0 Å². The van der Waals surface area contributed by atoms with Crippen LogP contribution in [0, 0.1) is 13.8 Å². The molecule has 2 N–H and O–H groups in total. The van der Waals surface area contributed by atoms with Gasteiger partial charge in [0.25, 0.3) is 0 Å². The lowest BCUT2D eigenvalue weighted by Crippen LogP contribution is -2.39. The monoisotopic (exact) mass is 523 g/mol. The molecule has 0 saturated carbocycles. The van der Waals surface area contributed by atoms with E-state index in [-0.39, 0.29) is 24.3 Å². The summed E-state index contributed by atoms with van der Waals surface area (Å²) in [7, 11) is 0. The minimum Gasteiger partial charge on any atom is -0.507 e. The molecule has 4 aromatic rings. The van der Waals surface area contributed by atoms with Gasteiger partial charge >= 0.3 is 0 Å². The fourth-order valence-corrected chi connectivity index (χ4v) is 5.25. The van der Waals surface area contributed by atoms with E-state index in [4.69, 9.17) is 14.2 Å². The van der Waals surface area contributed by atoms with Crippen molar-refractivity contribution in [1.82, 2.24) is 5.32 Å². The first-order valence-electron chi connectivity index (χ1n) is 13.6. The van der Waals surface area contributed by atoms with E-state index in [1.54, 1.807) is 0 Å². The number of ether oxygens (including phenoxy) is 3. The van der Waals surface area contributed by atoms with E-state index in [0.29, 0.717) is 32.2 Å². The molecule has 0 spiro atoms. The van der Waals surface area contributed by atoms with Crippen LogP contribution >= 0.6 is 0 Å². The molecule has 1 fully saturated rings. The number of phenolic OH excluding ortho intramolecular Hbond substituents is 1. The molecule has 4 atom stereocenters. The molecule has 0 aliphatic carbocycles. The van der Waals surface area contributed by atoms with E-state index in [1.165, 1.54) is 0 Å². The summed E-state index contributed by atoms with van der Waals surface area (Å²) in [5.74, 6) is 0.300. The lowest BCUT2D eigenvalue weighted by atomic mass is 9.93. The van der Waals surface area contributed by atoms with Crippen LogP contribution in [0.1, 0.15) is 39.4 Å². The van der Waals surface area contributed by atoms with Gasteiger partial charge in [0.2, 0.25) is 0 Å². The highest BCUT2D eigenvalue weighted by atomic mass is 16.5. The second kappa shape index (κ2) is 13.0. The van der Waals surface area contributed by atoms with Gasteiger partial charge in [-0.2, -0.15) is 0 Å². The summed E-state index contributed by atoms with van der Waals surface area (Å²) in [6.07, 6.45) is -0.639. The maximum Gasteiger partial charge on any atom is 0.123 e. The highest BCUT2D eigenvalue weighted by molar-refractivity contribution is 5.47.